The molecule has 1 atom stereocenters. The molecule has 8 nitrogen and oxygen atoms in total. The second-order valence-electron chi connectivity index (χ2n) is 4.46. The Hall–Kier alpha value is -1.71. The van der Waals surface area contributed by atoms with E-state index < -0.39 is 10.0 Å². The van der Waals surface area contributed by atoms with Crippen LogP contribution >= 0.6 is 0 Å². The second-order valence-corrected chi connectivity index (χ2v) is 6.17. The minimum Gasteiger partial charge on any atom is -0.330 e. The fourth-order valence-corrected chi connectivity index (χ4v) is 2.91. The molecule has 0 aliphatic carbocycles. The molecular formula is C11H18N6O2S. The number of rotatable bonds is 7. The van der Waals surface area contributed by atoms with Crippen LogP contribution in [0.2, 0.25) is 0 Å². The molecule has 2 heterocycles. The summed E-state index contributed by atoms with van der Waals surface area (Å²) in [5.74, 6) is 0. The van der Waals surface area contributed by atoms with Gasteiger partial charge in [0.1, 0.15) is 4.90 Å². The monoisotopic (exact) mass is 298 g/mol. The zero-order chi connectivity index (χ0) is 14.6. The molecule has 0 fully saturated rings. The maximum absolute atomic E-state index is 12.2. The Morgan fingerprint density at radius 3 is 2.95 bits per heavy atom. The molecule has 0 spiro atoms. The quantitative estimate of drug-likeness (QED) is 0.664. The Labute approximate surface area is 117 Å². The van der Waals surface area contributed by atoms with Gasteiger partial charge in [-0.1, -0.05) is 0 Å². The number of aryl methyl sites for hydroxylation is 1. The highest BCUT2D eigenvalue weighted by molar-refractivity contribution is 7.89. The van der Waals surface area contributed by atoms with Crippen molar-refractivity contribution in [3.05, 3.63) is 30.4 Å². The number of H-pyrrole nitrogens is 1. The lowest BCUT2D eigenvalue weighted by atomic mass is 10.2. The first-order chi connectivity index (χ1) is 9.53. The zero-order valence-corrected chi connectivity index (χ0v) is 12.0. The van der Waals surface area contributed by atoms with E-state index in [9.17, 15) is 8.42 Å². The molecule has 0 aliphatic heterocycles. The summed E-state index contributed by atoms with van der Waals surface area (Å²) in [6.07, 6.45) is 6.82. The molecule has 2 rings (SSSR count). The van der Waals surface area contributed by atoms with Crippen LogP contribution in [0.15, 0.2) is 29.7 Å². The summed E-state index contributed by atoms with van der Waals surface area (Å²) in [5.41, 5.74) is 6.18. The average molecular weight is 298 g/mol. The molecule has 4 N–H and O–H groups in total. The van der Waals surface area contributed by atoms with Crippen molar-refractivity contribution in [3.8, 4) is 0 Å². The van der Waals surface area contributed by atoms with E-state index >= 15 is 0 Å². The summed E-state index contributed by atoms with van der Waals surface area (Å²) in [7, 11) is -3.60. The zero-order valence-electron chi connectivity index (χ0n) is 11.2. The molecule has 2 aromatic rings. The fourth-order valence-electron chi connectivity index (χ4n) is 1.73. The van der Waals surface area contributed by atoms with E-state index in [0.29, 0.717) is 13.1 Å². The smallest absolute Gasteiger partial charge is 0.244 e. The van der Waals surface area contributed by atoms with Gasteiger partial charge < -0.3 is 5.73 Å². The van der Waals surface area contributed by atoms with Crippen LogP contribution in [0.4, 0.5) is 0 Å². The van der Waals surface area contributed by atoms with Crippen LogP contribution in [0.5, 0.6) is 0 Å². The van der Waals surface area contributed by atoms with Gasteiger partial charge in [0, 0.05) is 30.5 Å². The van der Waals surface area contributed by atoms with Gasteiger partial charge in [-0.25, -0.2) is 13.1 Å². The lowest BCUT2D eigenvalue weighted by molar-refractivity contribution is 0.565. The molecule has 0 aromatic carbocycles. The lowest BCUT2D eigenvalue weighted by Gasteiger charge is -2.11. The number of nitrogens with one attached hydrogen (secondary N) is 2. The van der Waals surface area contributed by atoms with Crippen LogP contribution in [0.1, 0.15) is 24.9 Å². The van der Waals surface area contributed by atoms with Crippen LogP contribution in [0, 0.1) is 0 Å². The molecule has 2 aromatic heterocycles. The first kappa shape index (κ1) is 14.7. The molecule has 0 radical (unpaired) electrons. The van der Waals surface area contributed by atoms with Gasteiger partial charge in [0.05, 0.1) is 12.4 Å². The van der Waals surface area contributed by atoms with Crippen molar-refractivity contribution in [2.45, 2.75) is 30.8 Å². The Morgan fingerprint density at radius 1 is 1.50 bits per heavy atom. The van der Waals surface area contributed by atoms with Crippen LogP contribution in [0.3, 0.4) is 0 Å². The summed E-state index contributed by atoms with van der Waals surface area (Å²) in [6, 6.07) is -0.369. The van der Waals surface area contributed by atoms with Crippen molar-refractivity contribution >= 4 is 10.0 Å². The van der Waals surface area contributed by atoms with Gasteiger partial charge in [-0.15, -0.1) is 0 Å². The van der Waals surface area contributed by atoms with Gasteiger partial charge in [-0.05, 0) is 19.9 Å². The highest BCUT2D eigenvalue weighted by atomic mass is 32.2. The summed E-state index contributed by atoms with van der Waals surface area (Å²) in [6.45, 7) is 2.89. The highest BCUT2D eigenvalue weighted by Gasteiger charge is 2.20. The molecule has 0 amide bonds. The van der Waals surface area contributed by atoms with Crippen molar-refractivity contribution in [2.75, 3.05) is 6.54 Å². The first-order valence-electron chi connectivity index (χ1n) is 6.26. The largest absolute Gasteiger partial charge is 0.330 e. The van der Waals surface area contributed by atoms with Crippen LogP contribution in [0.25, 0.3) is 0 Å². The molecular weight excluding hydrogens is 280 g/mol. The Kier molecular flexibility index (Phi) is 4.53. The van der Waals surface area contributed by atoms with Gasteiger partial charge in [0.25, 0.3) is 0 Å². The third-order valence-electron chi connectivity index (χ3n) is 2.86. The Balaban J connectivity index is 2.08. The number of aromatic amines is 1. The van der Waals surface area contributed by atoms with Crippen LogP contribution in [-0.2, 0) is 16.6 Å². The fraction of sp³-hybridized carbons (Fsp3) is 0.455. The molecule has 0 aliphatic rings. The number of nitrogens with zero attached hydrogens (tertiary/aromatic N) is 3. The number of hydrogen-bond acceptors (Lipinski definition) is 5. The number of hydrogen-bond donors (Lipinski definition) is 3. The van der Waals surface area contributed by atoms with Gasteiger partial charge in [-0.3, -0.25) is 9.78 Å². The molecule has 0 saturated heterocycles. The van der Waals surface area contributed by atoms with Crippen molar-refractivity contribution < 1.29 is 8.42 Å². The average Bonchev–Trinajstić information content (AvgIpc) is 3.07. The van der Waals surface area contributed by atoms with Crippen molar-refractivity contribution in [3.63, 3.8) is 0 Å². The summed E-state index contributed by atoms with van der Waals surface area (Å²) in [5, 5.41) is 10.5. The predicted molar refractivity (Wildman–Crippen MR) is 73.2 cm³/mol. The minimum absolute atomic E-state index is 0.143. The summed E-state index contributed by atoms with van der Waals surface area (Å²) in [4.78, 5) is 0.143. The molecule has 1 unspecified atom stereocenters. The lowest BCUT2D eigenvalue weighted by Crippen LogP contribution is -2.26. The van der Waals surface area contributed by atoms with Gasteiger partial charge in [-0.2, -0.15) is 10.2 Å². The number of nitrogens with two attached hydrogens (primary N) is 1. The van der Waals surface area contributed by atoms with Gasteiger partial charge in [0.15, 0.2) is 0 Å². The van der Waals surface area contributed by atoms with Crippen LogP contribution in [-0.4, -0.2) is 34.9 Å². The topological polar surface area (TPSA) is 119 Å². The normalized spacial score (nSPS) is 13.5. The van der Waals surface area contributed by atoms with Crippen molar-refractivity contribution in [2.24, 2.45) is 5.73 Å². The maximum Gasteiger partial charge on any atom is 0.244 e. The highest BCUT2D eigenvalue weighted by Crippen LogP contribution is 2.15. The molecule has 0 bridgehead atoms. The molecule has 9 heteroatoms. The summed E-state index contributed by atoms with van der Waals surface area (Å²) >= 11 is 0. The summed E-state index contributed by atoms with van der Waals surface area (Å²) < 4.78 is 28.6. The number of aromatic nitrogens is 4. The SMILES string of the molecule is CC(NS(=O)(=O)c1cnn(CCCN)c1)c1cn[nH]c1. The van der Waals surface area contributed by atoms with Crippen molar-refractivity contribution in [1.29, 1.82) is 0 Å². The predicted octanol–water partition coefficient (Wildman–Crippen LogP) is -0.00550. The maximum atomic E-state index is 12.2. The minimum atomic E-state index is -3.60. The van der Waals surface area contributed by atoms with Gasteiger partial charge >= 0.3 is 0 Å². The third kappa shape index (κ3) is 3.44. The molecule has 0 saturated carbocycles. The second kappa shape index (κ2) is 6.16. The van der Waals surface area contributed by atoms with Crippen LogP contribution < -0.4 is 10.5 Å². The standard InChI is InChI=1S/C11H18N6O2S/c1-9(10-5-13-14-6-10)16-20(18,19)11-7-15-17(8-11)4-2-3-12/h5-9,16H,2-4,12H2,1H3,(H,13,14). The number of sulfonamides is 1. The van der Waals surface area contributed by atoms with E-state index in [0.717, 1.165) is 12.0 Å². The molecule has 110 valence electrons. The first-order valence-corrected chi connectivity index (χ1v) is 7.75. The third-order valence-corrected chi connectivity index (χ3v) is 4.36. The Morgan fingerprint density at radius 2 is 2.30 bits per heavy atom. The van der Waals surface area contributed by atoms with Crippen molar-refractivity contribution in [1.82, 2.24) is 24.7 Å². The van der Waals surface area contributed by atoms with E-state index in [1.807, 2.05) is 0 Å². The van der Waals surface area contributed by atoms with E-state index in [1.54, 1.807) is 24.0 Å². The van der Waals surface area contributed by atoms with E-state index in [2.05, 4.69) is 20.0 Å². The van der Waals surface area contributed by atoms with E-state index in [-0.39, 0.29) is 10.9 Å². The van der Waals surface area contributed by atoms with E-state index in [1.165, 1.54) is 12.4 Å². The van der Waals surface area contributed by atoms with E-state index in [4.69, 9.17) is 5.73 Å². The Bertz CT molecular complexity index is 634. The van der Waals surface area contributed by atoms with Gasteiger partial charge in [0.2, 0.25) is 10.0 Å². The molecule has 20 heavy (non-hydrogen) atoms.